The molecule has 2 aromatic rings. The van der Waals surface area contributed by atoms with E-state index in [1.165, 1.54) is 0 Å². The number of phenolic OH excluding ortho intramolecular Hbond substituents is 2. The van der Waals surface area contributed by atoms with E-state index in [2.05, 4.69) is 0 Å². The average molecular weight is 270 g/mol. The first kappa shape index (κ1) is 11.9. The molecule has 2 aromatic carbocycles. The Morgan fingerprint density at radius 1 is 1.10 bits per heavy atom. The molecule has 0 radical (unpaired) electrons. The Kier molecular flexibility index (Phi) is 2.40. The Labute approximate surface area is 117 Å². The van der Waals surface area contributed by atoms with Crippen LogP contribution in [0.2, 0.25) is 0 Å². The standard InChI is InChI=1S/C17H18O3/c1-2-20-12-5-3-4-11-15(12)17(19)14-10-7-6-9(8-10)13(14)16(11)18/h3-5,9-10,18-19H,2,6-8H2,1H3. The van der Waals surface area contributed by atoms with E-state index >= 15 is 0 Å². The Balaban J connectivity index is 2.10. The third-order valence-electron chi connectivity index (χ3n) is 4.87. The molecule has 4 rings (SSSR count). The van der Waals surface area contributed by atoms with Crippen LogP contribution in [-0.4, -0.2) is 16.8 Å². The highest BCUT2D eigenvalue weighted by Gasteiger charge is 2.42. The zero-order valence-corrected chi connectivity index (χ0v) is 11.5. The summed E-state index contributed by atoms with van der Waals surface area (Å²) in [4.78, 5) is 0. The fraction of sp³-hybridized carbons (Fsp3) is 0.412. The van der Waals surface area contributed by atoms with E-state index in [-0.39, 0.29) is 0 Å². The summed E-state index contributed by atoms with van der Waals surface area (Å²) in [5.41, 5.74) is 1.96. The van der Waals surface area contributed by atoms with Crippen LogP contribution in [0.4, 0.5) is 0 Å². The summed E-state index contributed by atoms with van der Waals surface area (Å²) < 4.78 is 5.62. The van der Waals surface area contributed by atoms with Gasteiger partial charge < -0.3 is 14.9 Å². The van der Waals surface area contributed by atoms with Crippen LogP contribution in [0.25, 0.3) is 10.8 Å². The summed E-state index contributed by atoms with van der Waals surface area (Å²) in [6.07, 6.45) is 3.31. The number of hydrogen-bond acceptors (Lipinski definition) is 3. The minimum absolute atomic E-state index is 0.323. The van der Waals surface area contributed by atoms with Crippen LogP contribution in [0.15, 0.2) is 18.2 Å². The molecule has 0 aliphatic heterocycles. The Hall–Kier alpha value is -1.90. The van der Waals surface area contributed by atoms with Gasteiger partial charge in [0.05, 0.1) is 12.0 Å². The van der Waals surface area contributed by atoms with Crippen molar-refractivity contribution in [1.29, 1.82) is 0 Å². The number of ether oxygens (including phenoxy) is 1. The molecular formula is C17H18O3. The molecule has 2 bridgehead atoms. The van der Waals surface area contributed by atoms with Crippen LogP contribution in [0, 0.1) is 0 Å². The van der Waals surface area contributed by atoms with E-state index in [4.69, 9.17) is 4.74 Å². The molecule has 0 spiro atoms. The quantitative estimate of drug-likeness (QED) is 0.810. The van der Waals surface area contributed by atoms with Gasteiger partial charge in [-0.15, -0.1) is 0 Å². The van der Waals surface area contributed by atoms with Gasteiger partial charge in [-0.05, 0) is 44.1 Å². The average Bonchev–Trinajstić information content (AvgIpc) is 3.06. The number of fused-ring (bicyclic) bond motifs is 6. The SMILES string of the molecule is CCOc1cccc2c(O)c3c(c(O)c12)C1CCC3C1. The van der Waals surface area contributed by atoms with Gasteiger partial charge in [0.2, 0.25) is 0 Å². The lowest BCUT2D eigenvalue weighted by Crippen LogP contribution is -2.01. The normalized spacial score (nSPS) is 23.2. The van der Waals surface area contributed by atoms with E-state index in [0.29, 0.717) is 46.5 Å². The lowest BCUT2D eigenvalue weighted by atomic mass is 9.87. The molecule has 3 nitrogen and oxygen atoms in total. The second kappa shape index (κ2) is 4.05. The largest absolute Gasteiger partial charge is 0.507 e. The van der Waals surface area contributed by atoms with E-state index in [1.54, 1.807) is 0 Å². The molecule has 2 N–H and O–H groups in total. The van der Waals surface area contributed by atoms with Crippen molar-refractivity contribution in [2.24, 2.45) is 0 Å². The van der Waals surface area contributed by atoms with Gasteiger partial charge in [-0.3, -0.25) is 0 Å². The highest BCUT2D eigenvalue weighted by Crippen LogP contribution is 2.61. The van der Waals surface area contributed by atoms with Gasteiger partial charge in [0.15, 0.2) is 0 Å². The number of hydrogen-bond donors (Lipinski definition) is 2. The van der Waals surface area contributed by atoms with E-state index in [0.717, 1.165) is 30.4 Å². The van der Waals surface area contributed by atoms with Crippen molar-refractivity contribution in [3.05, 3.63) is 29.3 Å². The molecule has 2 aliphatic carbocycles. The van der Waals surface area contributed by atoms with Crippen LogP contribution in [0.3, 0.4) is 0 Å². The van der Waals surface area contributed by atoms with E-state index in [1.807, 2.05) is 25.1 Å². The third-order valence-corrected chi connectivity index (χ3v) is 4.87. The zero-order chi connectivity index (χ0) is 13.9. The topological polar surface area (TPSA) is 49.7 Å². The van der Waals surface area contributed by atoms with E-state index < -0.39 is 0 Å². The molecule has 20 heavy (non-hydrogen) atoms. The molecule has 2 aliphatic rings. The molecule has 1 fully saturated rings. The van der Waals surface area contributed by atoms with Crippen molar-refractivity contribution in [2.45, 2.75) is 38.0 Å². The molecule has 3 heteroatoms. The molecule has 2 unspecified atom stereocenters. The van der Waals surface area contributed by atoms with Crippen molar-refractivity contribution in [1.82, 2.24) is 0 Å². The number of phenols is 2. The van der Waals surface area contributed by atoms with Crippen LogP contribution in [0.1, 0.15) is 49.1 Å². The van der Waals surface area contributed by atoms with Gasteiger partial charge in [0, 0.05) is 16.5 Å². The van der Waals surface area contributed by atoms with Gasteiger partial charge in [-0.25, -0.2) is 0 Å². The molecule has 2 atom stereocenters. The third kappa shape index (κ3) is 1.35. The smallest absolute Gasteiger partial charge is 0.131 e. The molecule has 0 saturated heterocycles. The van der Waals surface area contributed by atoms with Gasteiger partial charge in [0.1, 0.15) is 17.2 Å². The highest BCUT2D eigenvalue weighted by atomic mass is 16.5. The Bertz CT molecular complexity index is 705. The summed E-state index contributed by atoms with van der Waals surface area (Å²) >= 11 is 0. The summed E-state index contributed by atoms with van der Waals surface area (Å²) in [6.45, 7) is 2.47. The second-order valence-corrected chi connectivity index (χ2v) is 5.84. The van der Waals surface area contributed by atoms with Gasteiger partial charge in [0.25, 0.3) is 0 Å². The minimum atomic E-state index is 0.323. The van der Waals surface area contributed by atoms with Crippen molar-refractivity contribution < 1.29 is 14.9 Å². The monoisotopic (exact) mass is 270 g/mol. The van der Waals surface area contributed by atoms with Crippen molar-refractivity contribution >= 4 is 10.8 Å². The Morgan fingerprint density at radius 2 is 1.80 bits per heavy atom. The van der Waals surface area contributed by atoms with Crippen molar-refractivity contribution in [2.75, 3.05) is 6.61 Å². The highest BCUT2D eigenvalue weighted by molar-refractivity contribution is 6.00. The summed E-state index contributed by atoms with van der Waals surface area (Å²) in [6, 6.07) is 5.58. The predicted molar refractivity (Wildman–Crippen MR) is 77.8 cm³/mol. The van der Waals surface area contributed by atoms with Crippen LogP contribution in [-0.2, 0) is 0 Å². The van der Waals surface area contributed by atoms with Crippen molar-refractivity contribution in [3.8, 4) is 17.2 Å². The van der Waals surface area contributed by atoms with Gasteiger partial charge in [-0.2, -0.15) is 0 Å². The number of rotatable bonds is 2. The maximum atomic E-state index is 10.7. The first-order chi connectivity index (χ1) is 9.72. The maximum absolute atomic E-state index is 10.7. The molecule has 1 saturated carbocycles. The minimum Gasteiger partial charge on any atom is -0.507 e. The molecule has 0 aromatic heterocycles. The van der Waals surface area contributed by atoms with Crippen LogP contribution >= 0.6 is 0 Å². The summed E-state index contributed by atoms with van der Waals surface area (Å²) in [5.74, 6) is 2.15. The van der Waals surface area contributed by atoms with Crippen LogP contribution < -0.4 is 4.74 Å². The molecule has 104 valence electrons. The number of aromatic hydroxyl groups is 2. The van der Waals surface area contributed by atoms with Crippen molar-refractivity contribution in [3.63, 3.8) is 0 Å². The second-order valence-electron chi connectivity index (χ2n) is 5.84. The lowest BCUT2D eigenvalue weighted by Gasteiger charge is -2.21. The lowest BCUT2D eigenvalue weighted by molar-refractivity contribution is 0.342. The first-order valence-corrected chi connectivity index (χ1v) is 7.35. The first-order valence-electron chi connectivity index (χ1n) is 7.35. The number of benzene rings is 2. The molecule has 0 heterocycles. The summed E-state index contributed by atoms with van der Waals surface area (Å²) in [7, 11) is 0. The fourth-order valence-electron chi connectivity index (χ4n) is 4.12. The fourth-order valence-corrected chi connectivity index (χ4v) is 4.12. The van der Waals surface area contributed by atoms with E-state index in [9.17, 15) is 10.2 Å². The summed E-state index contributed by atoms with van der Waals surface area (Å²) in [5, 5.41) is 22.7. The van der Waals surface area contributed by atoms with Crippen LogP contribution in [0.5, 0.6) is 17.2 Å². The zero-order valence-electron chi connectivity index (χ0n) is 11.5. The van der Waals surface area contributed by atoms with Gasteiger partial charge in [-0.1, -0.05) is 12.1 Å². The maximum Gasteiger partial charge on any atom is 0.131 e. The Morgan fingerprint density at radius 3 is 2.50 bits per heavy atom. The molecule has 0 amide bonds. The van der Waals surface area contributed by atoms with Gasteiger partial charge >= 0.3 is 0 Å². The predicted octanol–water partition coefficient (Wildman–Crippen LogP) is 4.01. The molecular weight excluding hydrogens is 252 g/mol.